The Morgan fingerprint density at radius 1 is 1.04 bits per heavy atom. The first-order valence-electron chi connectivity index (χ1n) is 8.83. The number of hydrogen-bond donors (Lipinski definition) is 1. The minimum Gasteiger partial charge on any atom is -0.444 e. The van der Waals surface area contributed by atoms with Gasteiger partial charge in [-0.2, -0.15) is 5.26 Å². The zero-order valence-electron chi connectivity index (χ0n) is 14.8. The summed E-state index contributed by atoms with van der Waals surface area (Å²) in [6, 6.07) is 14.9. The quantitative estimate of drug-likeness (QED) is 0.851. The van der Waals surface area contributed by atoms with Crippen molar-refractivity contribution in [3.05, 3.63) is 94.1 Å². The monoisotopic (exact) mass is 378 g/mol. The molecule has 140 valence electrons. The van der Waals surface area contributed by atoms with Crippen LogP contribution in [-0.4, -0.2) is 5.78 Å². The van der Waals surface area contributed by atoms with E-state index in [-0.39, 0.29) is 29.6 Å². The fourth-order valence-corrected chi connectivity index (χ4v) is 3.89. The number of ketones is 1. The summed E-state index contributed by atoms with van der Waals surface area (Å²) in [4.78, 5) is 13.0. The third-order valence-electron chi connectivity index (χ3n) is 5.21. The molecule has 4 nitrogen and oxygen atoms in total. The third-order valence-corrected chi connectivity index (χ3v) is 5.21. The molecule has 0 amide bonds. The van der Waals surface area contributed by atoms with E-state index in [9.17, 15) is 18.8 Å². The highest BCUT2D eigenvalue weighted by atomic mass is 19.2. The molecule has 0 saturated heterocycles. The Hall–Kier alpha value is -3.46. The largest absolute Gasteiger partial charge is 0.444 e. The number of carbonyl (C=O) groups excluding carboxylic acids is 1. The predicted molar refractivity (Wildman–Crippen MR) is 97.5 cm³/mol. The zero-order valence-corrected chi connectivity index (χ0v) is 14.8. The molecule has 0 aromatic heterocycles. The molecule has 4 rings (SSSR count). The van der Waals surface area contributed by atoms with Crippen LogP contribution in [0, 0.1) is 23.0 Å². The van der Waals surface area contributed by atoms with Crippen molar-refractivity contribution in [3.8, 4) is 6.07 Å². The number of halogens is 2. The van der Waals surface area contributed by atoms with E-state index >= 15 is 0 Å². The lowest BCUT2D eigenvalue weighted by atomic mass is 9.73. The number of rotatable bonds is 2. The highest BCUT2D eigenvalue weighted by Crippen LogP contribution is 2.46. The first kappa shape index (κ1) is 17.9. The van der Waals surface area contributed by atoms with Gasteiger partial charge < -0.3 is 10.5 Å². The SMILES string of the molecule is N#CC1=C(N)OC2=C(C(=O)CC(c3ccccc3)C2)C1c1ccc(F)c(F)c1. The van der Waals surface area contributed by atoms with Gasteiger partial charge in [0.2, 0.25) is 5.88 Å². The van der Waals surface area contributed by atoms with E-state index < -0.39 is 17.6 Å². The number of ether oxygens (including phenoxy) is 1. The van der Waals surface area contributed by atoms with E-state index in [1.807, 2.05) is 36.4 Å². The summed E-state index contributed by atoms with van der Waals surface area (Å²) >= 11 is 0. The Bertz CT molecular complexity index is 1070. The molecular formula is C22H16F2N2O2. The first-order valence-corrected chi connectivity index (χ1v) is 8.83. The van der Waals surface area contributed by atoms with Gasteiger partial charge in [0.15, 0.2) is 17.4 Å². The van der Waals surface area contributed by atoms with E-state index in [2.05, 4.69) is 0 Å². The van der Waals surface area contributed by atoms with Gasteiger partial charge in [-0.25, -0.2) is 8.78 Å². The summed E-state index contributed by atoms with van der Waals surface area (Å²) in [7, 11) is 0. The number of nitrogens with two attached hydrogens (primary N) is 1. The second-order valence-electron chi connectivity index (χ2n) is 6.87. The van der Waals surface area contributed by atoms with Crippen molar-refractivity contribution in [1.82, 2.24) is 0 Å². The van der Waals surface area contributed by atoms with Crippen molar-refractivity contribution in [2.45, 2.75) is 24.7 Å². The van der Waals surface area contributed by atoms with Gasteiger partial charge in [0.1, 0.15) is 17.4 Å². The maximum atomic E-state index is 13.8. The average molecular weight is 378 g/mol. The van der Waals surface area contributed by atoms with Crippen molar-refractivity contribution >= 4 is 5.78 Å². The van der Waals surface area contributed by atoms with E-state index in [1.54, 1.807) is 0 Å². The molecule has 1 aliphatic heterocycles. The van der Waals surface area contributed by atoms with Crippen LogP contribution in [0.4, 0.5) is 8.78 Å². The molecule has 2 atom stereocenters. The van der Waals surface area contributed by atoms with Crippen LogP contribution in [-0.2, 0) is 9.53 Å². The van der Waals surface area contributed by atoms with Crippen LogP contribution in [0.1, 0.15) is 35.8 Å². The molecule has 0 bridgehead atoms. The Kier molecular flexibility index (Phi) is 4.44. The van der Waals surface area contributed by atoms with Crippen LogP contribution in [0.5, 0.6) is 0 Å². The van der Waals surface area contributed by atoms with Crippen LogP contribution in [0.2, 0.25) is 0 Å². The molecule has 28 heavy (non-hydrogen) atoms. The maximum Gasteiger partial charge on any atom is 0.205 e. The van der Waals surface area contributed by atoms with E-state index in [1.165, 1.54) is 6.07 Å². The number of nitrogens with zero attached hydrogens (tertiary/aromatic N) is 1. The smallest absolute Gasteiger partial charge is 0.205 e. The normalized spacial score (nSPS) is 21.8. The number of hydrogen-bond acceptors (Lipinski definition) is 4. The molecule has 0 radical (unpaired) electrons. The van der Waals surface area contributed by atoms with Gasteiger partial charge in [-0.05, 0) is 29.2 Å². The third kappa shape index (κ3) is 2.95. The Balaban J connectivity index is 1.81. The lowest BCUT2D eigenvalue weighted by Gasteiger charge is -2.34. The van der Waals surface area contributed by atoms with Gasteiger partial charge in [0.25, 0.3) is 0 Å². The molecule has 2 aromatic rings. The fraction of sp³-hybridized carbons (Fsp3) is 0.182. The maximum absolute atomic E-state index is 13.8. The van der Waals surface area contributed by atoms with Crippen LogP contribution >= 0.6 is 0 Å². The highest BCUT2D eigenvalue weighted by molar-refractivity contribution is 6.00. The Labute approximate surface area is 160 Å². The molecule has 0 fully saturated rings. The predicted octanol–water partition coefficient (Wildman–Crippen LogP) is 4.17. The molecule has 0 spiro atoms. The van der Waals surface area contributed by atoms with Gasteiger partial charge in [-0.15, -0.1) is 0 Å². The summed E-state index contributed by atoms with van der Waals surface area (Å²) < 4.78 is 32.9. The molecule has 2 unspecified atom stereocenters. The lowest BCUT2D eigenvalue weighted by Crippen LogP contribution is -2.30. The molecule has 1 aliphatic carbocycles. The van der Waals surface area contributed by atoms with E-state index in [4.69, 9.17) is 10.5 Å². The summed E-state index contributed by atoms with van der Waals surface area (Å²) in [5.74, 6) is -2.91. The fourth-order valence-electron chi connectivity index (χ4n) is 3.89. The van der Waals surface area contributed by atoms with Gasteiger partial charge in [-0.1, -0.05) is 36.4 Å². The molecule has 2 aromatic carbocycles. The summed E-state index contributed by atoms with van der Waals surface area (Å²) in [6.07, 6.45) is 0.676. The summed E-state index contributed by atoms with van der Waals surface area (Å²) in [6.45, 7) is 0. The number of nitriles is 1. The topological polar surface area (TPSA) is 76.1 Å². The number of benzene rings is 2. The van der Waals surface area contributed by atoms with Crippen molar-refractivity contribution in [1.29, 1.82) is 5.26 Å². The van der Waals surface area contributed by atoms with Crippen LogP contribution in [0.25, 0.3) is 0 Å². The molecule has 2 aliphatic rings. The second kappa shape index (κ2) is 6.93. The van der Waals surface area contributed by atoms with Crippen LogP contribution < -0.4 is 5.73 Å². The second-order valence-corrected chi connectivity index (χ2v) is 6.87. The van der Waals surface area contributed by atoms with Gasteiger partial charge >= 0.3 is 0 Å². The molecule has 2 N–H and O–H groups in total. The minimum atomic E-state index is -1.05. The van der Waals surface area contributed by atoms with Crippen molar-refractivity contribution in [2.75, 3.05) is 0 Å². The average Bonchev–Trinajstić information content (AvgIpc) is 2.69. The molecule has 1 heterocycles. The van der Waals surface area contributed by atoms with Crippen LogP contribution in [0.3, 0.4) is 0 Å². The Morgan fingerprint density at radius 3 is 2.46 bits per heavy atom. The molecular weight excluding hydrogens is 362 g/mol. The number of allylic oxidation sites excluding steroid dienone is 3. The highest BCUT2D eigenvalue weighted by Gasteiger charge is 2.41. The van der Waals surface area contributed by atoms with Crippen LogP contribution in [0.15, 0.2) is 71.3 Å². The van der Waals surface area contributed by atoms with E-state index in [0.29, 0.717) is 23.3 Å². The number of Topliss-reactive ketones (excluding diaryl/α,β-unsaturated/α-hetero) is 1. The van der Waals surface area contributed by atoms with E-state index in [0.717, 1.165) is 17.7 Å². The summed E-state index contributed by atoms with van der Waals surface area (Å²) in [5.41, 5.74) is 7.56. The number of carbonyl (C=O) groups is 1. The lowest BCUT2D eigenvalue weighted by molar-refractivity contribution is -0.117. The summed E-state index contributed by atoms with van der Waals surface area (Å²) in [5, 5.41) is 9.55. The van der Waals surface area contributed by atoms with Gasteiger partial charge in [0.05, 0.1) is 5.92 Å². The first-order chi connectivity index (χ1) is 13.5. The zero-order chi connectivity index (χ0) is 19.8. The molecule has 0 saturated carbocycles. The molecule has 6 heteroatoms. The van der Waals surface area contributed by atoms with Crippen molar-refractivity contribution < 1.29 is 18.3 Å². The minimum absolute atomic E-state index is 0.0243. The standard InChI is InChI=1S/C22H16F2N2O2/c23-16-7-6-13(8-17(16)24)20-15(11-25)22(26)28-19-10-14(9-18(27)21(19)20)12-4-2-1-3-5-12/h1-8,14,20H,9-10,26H2. The van der Waals surface area contributed by atoms with Gasteiger partial charge in [0, 0.05) is 18.4 Å². The van der Waals surface area contributed by atoms with Crippen molar-refractivity contribution in [3.63, 3.8) is 0 Å². The van der Waals surface area contributed by atoms with Crippen molar-refractivity contribution in [2.24, 2.45) is 5.73 Å². The van der Waals surface area contributed by atoms with Gasteiger partial charge in [-0.3, -0.25) is 4.79 Å². The Morgan fingerprint density at radius 2 is 1.79 bits per heavy atom.